The van der Waals surface area contributed by atoms with Crippen molar-refractivity contribution in [3.8, 4) is 16.9 Å². The topological polar surface area (TPSA) is 61.3 Å². The molecule has 16 heavy (non-hydrogen) atoms. The molecule has 0 atom stereocenters. The Morgan fingerprint density at radius 2 is 2.06 bits per heavy atom. The molecule has 0 unspecified atom stereocenters. The van der Waals surface area contributed by atoms with Crippen LogP contribution in [0.5, 0.6) is 5.75 Å². The van der Waals surface area contributed by atoms with Gasteiger partial charge in [0.05, 0.1) is 18.9 Å². The summed E-state index contributed by atoms with van der Waals surface area (Å²) in [5, 5.41) is 3.68. The average Bonchev–Trinajstić information content (AvgIpc) is 2.63. The van der Waals surface area contributed by atoms with E-state index in [1.807, 2.05) is 19.9 Å². The van der Waals surface area contributed by atoms with Gasteiger partial charge in [-0.25, -0.2) is 0 Å². The summed E-state index contributed by atoms with van der Waals surface area (Å²) in [6, 6.07) is 4.04. The molecule has 0 fully saturated rings. The van der Waals surface area contributed by atoms with Gasteiger partial charge in [0, 0.05) is 5.56 Å². The molecule has 1 aromatic heterocycles. The van der Waals surface area contributed by atoms with Gasteiger partial charge < -0.3 is 15.0 Å². The molecule has 0 saturated heterocycles. The first-order chi connectivity index (χ1) is 7.63. The Kier molecular flexibility index (Phi) is 2.56. The number of rotatable bonds is 2. The Morgan fingerprint density at radius 1 is 1.31 bits per heavy atom. The third-order valence-corrected chi connectivity index (χ3v) is 2.53. The lowest BCUT2D eigenvalue weighted by Gasteiger charge is -2.11. The monoisotopic (exact) mass is 218 g/mol. The van der Waals surface area contributed by atoms with Crippen molar-refractivity contribution >= 4 is 5.88 Å². The maximum atomic E-state index is 5.72. The number of nitrogens with two attached hydrogens (primary N) is 1. The molecule has 0 radical (unpaired) electrons. The van der Waals surface area contributed by atoms with Crippen LogP contribution in [0.3, 0.4) is 0 Å². The van der Waals surface area contributed by atoms with Gasteiger partial charge in [0.25, 0.3) is 0 Å². The zero-order valence-electron chi connectivity index (χ0n) is 9.57. The number of nitrogen functional groups attached to an aromatic ring is 1. The minimum absolute atomic E-state index is 0.310. The lowest BCUT2D eigenvalue weighted by Crippen LogP contribution is -1.94. The number of hydrogen-bond donors (Lipinski definition) is 1. The minimum atomic E-state index is 0.310. The predicted molar refractivity (Wildman–Crippen MR) is 62.4 cm³/mol. The van der Waals surface area contributed by atoms with Crippen molar-refractivity contribution in [2.45, 2.75) is 13.8 Å². The van der Waals surface area contributed by atoms with E-state index in [0.29, 0.717) is 5.88 Å². The van der Waals surface area contributed by atoms with Gasteiger partial charge in [-0.15, -0.1) is 0 Å². The summed E-state index contributed by atoms with van der Waals surface area (Å²) in [5.74, 6) is 1.10. The van der Waals surface area contributed by atoms with Crippen LogP contribution in [0.25, 0.3) is 11.1 Å². The van der Waals surface area contributed by atoms with E-state index >= 15 is 0 Å². The Labute approximate surface area is 94.0 Å². The highest BCUT2D eigenvalue weighted by Crippen LogP contribution is 2.37. The molecule has 0 aliphatic carbocycles. The fourth-order valence-electron chi connectivity index (χ4n) is 1.87. The van der Waals surface area contributed by atoms with E-state index < -0.39 is 0 Å². The summed E-state index contributed by atoms with van der Waals surface area (Å²) in [7, 11) is 1.64. The van der Waals surface area contributed by atoms with E-state index in [2.05, 4.69) is 11.2 Å². The second-order valence-electron chi connectivity index (χ2n) is 3.76. The molecule has 1 heterocycles. The molecule has 4 heteroatoms. The maximum absolute atomic E-state index is 5.72. The van der Waals surface area contributed by atoms with Crippen molar-refractivity contribution < 1.29 is 9.26 Å². The minimum Gasteiger partial charge on any atom is -0.496 e. The summed E-state index contributed by atoms with van der Waals surface area (Å²) in [6.45, 7) is 4.04. The van der Waals surface area contributed by atoms with Crippen LogP contribution in [0, 0.1) is 13.8 Å². The molecule has 0 aliphatic rings. The number of ether oxygens (including phenoxy) is 1. The molecule has 2 N–H and O–H groups in total. The molecule has 0 saturated carbocycles. The van der Waals surface area contributed by atoms with E-state index in [4.69, 9.17) is 15.0 Å². The molecule has 0 bridgehead atoms. The maximum Gasteiger partial charge on any atom is 0.230 e. The van der Waals surface area contributed by atoms with E-state index in [1.165, 1.54) is 0 Å². The second kappa shape index (κ2) is 3.89. The highest BCUT2D eigenvalue weighted by atomic mass is 16.5. The Bertz CT molecular complexity index is 518. The normalized spacial score (nSPS) is 10.4. The summed E-state index contributed by atoms with van der Waals surface area (Å²) >= 11 is 0. The van der Waals surface area contributed by atoms with E-state index in [0.717, 1.165) is 28.0 Å². The molecule has 0 aliphatic heterocycles. The van der Waals surface area contributed by atoms with Crippen molar-refractivity contribution in [2.75, 3.05) is 12.8 Å². The van der Waals surface area contributed by atoms with Gasteiger partial charge in [-0.05, 0) is 31.0 Å². The van der Waals surface area contributed by atoms with Gasteiger partial charge in [-0.3, -0.25) is 0 Å². The molecule has 2 rings (SSSR count). The van der Waals surface area contributed by atoms with Gasteiger partial charge >= 0.3 is 0 Å². The number of methoxy groups -OCH3 is 1. The van der Waals surface area contributed by atoms with E-state index in [1.54, 1.807) is 13.3 Å². The number of aromatic nitrogens is 1. The molecular formula is C12H14N2O2. The zero-order chi connectivity index (χ0) is 11.7. The smallest absolute Gasteiger partial charge is 0.230 e. The fraction of sp³-hybridized carbons (Fsp3) is 0.250. The average molecular weight is 218 g/mol. The third kappa shape index (κ3) is 1.62. The van der Waals surface area contributed by atoms with Gasteiger partial charge in [-0.2, -0.15) is 0 Å². The summed E-state index contributed by atoms with van der Waals surface area (Å²) < 4.78 is 10.2. The van der Waals surface area contributed by atoms with Crippen LogP contribution in [-0.2, 0) is 0 Å². The Morgan fingerprint density at radius 3 is 2.62 bits per heavy atom. The van der Waals surface area contributed by atoms with Crippen LogP contribution in [0.15, 0.2) is 22.9 Å². The van der Waals surface area contributed by atoms with Gasteiger partial charge in [0.1, 0.15) is 5.75 Å². The first kappa shape index (κ1) is 10.5. The van der Waals surface area contributed by atoms with E-state index in [-0.39, 0.29) is 0 Å². The number of hydrogen-bond acceptors (Lipinski definition) is 4. The molecule has 2 aromatic rings. The number of aryl methyl sites for hydroxylation is 2. The van der Waals surface area contributed by atoms with Gasteiger partial charge in [0.2, 0.25) is 5.88 Å². The lowest BCUT2D eigenvalue weighted by atomic mass is 9.99. The van der Waals surface area contributed by atoms with Crippen LogP contribution < -0.4 is 10.5 Å². The Balaban J connectivity index is 2.69. The van der Waals surface area contributed by atoms with Crippen molar-refractivity contribution in [1.82, 2.24) is 5.16 Å². The molecule has 4 nitrogen and oxygen atoms in total. The Hall–Kier alpha value is -1.97. The highest BCUT2D eigenvalue weighted by molar-refractivity contribution is 5.80. The molecule has 0 spiro atoms. The van der Waals surface area contributed by atoms with Crippen molar-refractivity contribution in [3.63, 3.8) is 0 Å². The summed E-state index contributed by atoms with van der Waals surface area (Å²) in [5.41, 5.74) is 9.66. The fourth-order valence-corrected chi connectivity index (χ4v) is 1.87. The number of anilines is 1. The van der Waals surface area contributed by atoms with Gasteiger partial charge in [0.15, 0.2) is 0 Å². The van der Waals surface area contributed by atoms with E-state index in [9.17, 15) is 0 Å². The lowest BCUT2D eigenvalue weighted by molar-refractivity contribution is 0.415. The van der Waals surface area contributed by atoms with Crippen molar-refractivity contribution in [3.05, 3.63) is 29.5 Å². The molecule has 84 valence electrons. The molecule has 0 amide bonds. The SMILES string of the molecule is COc1cc(C)cc(C)c1-c1cnoc1N. The second-order valence-corrected chi connectivity index (χ2v) is 3.76. The van der Waals surface area contributed by atoms with Crippen molar-refractivity contribution in [2.24, 2.45) is 0 Å². The molecular weight excluding hydrogens is 204 g/mol. The summed E-state index contributed by atoms with van der Waals surface area (Å²) in [6.07, 6.45) is 1.61. The highest BCUT2D eigenvalue weighted by Gasteiger charge is 2.15. The molecule has 1 aromatic carbocycles. The largest absolute Gasteiger partial charge is 0.496 e. The van der Waals surface area contributed by atoms with Crippen LogP contribution in [0.4, 0.5) is 5.88 Å². The first-order valence-electron chi connectivity index (χ1n) is 4.99. The quantitative estimate of drug-likeness (QED) is 0.841. The van der Waals surface area contributed by atoms with Crippen LogP contribution >= 0.6 is 0 Å². The van der Waals surface area contributed by atoms with Crippen LogP contribution in [-0.4, -0.2) is 12.3 Å². The van der Waals surface area contributed by atoms with Crippen LogP contribution in [0.1, 0.15) is 11.1 Å². The van der Waals surface area contributed by atoms with Gasteiger partial charge in [-0.1, -0.05) is 11.2 Å². The standard InChI is InChI=1S/C12H14N2O2/c1-7-4-8(2)11(10(5-7)15-3)9-6-14-16-12(9)13/h4-6H,13H2,1-3H3. The third-order valence-electron chi connectivity index (χ3n) is 2.53. The summed E-state index contributed by atoms with van der Waals surface area (Å²) in [4.78, 5) is 0. The zero-order valence-corrected chi connectivity index (χ0v) is 9.57. The predicted octanol–water partition coefficient (Wildman–Crippen LogP) is 2.55. The number of benzene rings is 1. The number of nitrogens with zero attached hydrogens (tertiary/aromatic N) is 1. The van der Waals surface area contributed by atoms with Crippen LogP contribution in [0.2, 0.25) is 0 Å². The first-order valence-corrected chi connectivity index (χ1v) is 4.99. The van der Waals surface area contributed by atoms with Crippen molar-refractivity contribution in [1.29, 1.82) is 0 Å².